The van der Waals surface area contributed by atoms with Gasteiger partial charge >= 0.3 is 0 Å². The topological polar surface area (TPSA) is 12.0 Å². The molecule has 3 rings (SSSR count). The highest BCUT2D eigenvalue weighted by Crippen LogP contribution is 2.34. The van der Waals surface area contributed by atoms with E-state index in [0.29, 0.717) is 0 Å². The predicted octanol–water partition coefficient (Wildman–Crippen LogP) is 2.83. The summed E-state index contributed by atoms with van der Waals surface area (Å²) < 4.78 is 0. The largest absolute Gasteiger partial charge is 0.316 e. The molecule has 1 unspecified atom stereocenters. The summed E-state index contributed by atoms with van der Waals surface area (Å²) in [4.78, 5) is 0. The number of benzene rings is 1. The lowest BCUT2D eigenvalue weighted by Crippen LogP contribution is -2.22. The second kappa shape index (κ2) is 4.67. The highest BCUT2D eigenvalue weighted by atomic mass is 79.9. The van der Waals surface area contributed by atoms with Crippen LogP contribution >= 0.6 is 17.0 Å². The molecule has 1 heterocycles. The van der Waals surface area contributed by atoms with Crippen molar-refractivity contribution in [1.82, 2.24) is 5.32 Å². The Kier molecular flexibility index (Phi) is 3.47. The molecule has 0 saturated heterocycles. The third-order valence-corrected chi connectivity index (χ3v) is 3.66. The van der Waals surface area contributed by atoms with Gasteiger partial charge in [0.25, 0.3) is 0 Å². The lowest BCUT2D eigenvalue weighted by Gasteiger charge is -2.25. The minimum atomic E-state index is 0. The van der Waals surface area contributed by atoms with E-state index < -0.39 is 0 Å². The standard InChI is InChI=1S/C13H17N.BrH/c1-3-10-4-2-6-12-9-14-8-7-11(5-1)13(10)12;/h1,3,5,12,14H,2,4,6-9H2;1H. The summed E-state index contributed by atoms with van der Waals surface area (Å²) in [5, 5.41) is 3.56. The first-order chi connectivity index (χ1) is 6.95. The Morgan fingerprint density at radius 3 is 2.80 bits per heavy atom. The van der Waals surface area contributed by atoms with Crippen LogP contribution in [0, 0.1) is 0 Å². The van der Waals surface area contributed by atoms with Gasteiger partial charge in [0.15, 0.2) is 0 Å². The van der Waals surface area contributed by atoms with Gasteiger partial charge in [0, 0.05) is 6.54 Å². The summed E-state index contributed by atoms with van der Waals surface area (Å²) in [6.07, 6.45) is 5.29. The van der Waals surface area contributed by atoms with Gasteiger partial charge in [-0.15, -0.1) is 17.0 Å². The highest BCUT2D eigenvalue weighted by molar-refractivity contribution is 8.93. The molecule has 0 aromatic heterocycles. The van der Waals surface area contributed by atoms with E-state index >= 15 is 0 Å². The third-order valence-electron chi connectivity index (χ3n) is 3.66. The molecule has 0 bridgehead atoms. The number of halogens is 1. The molecule has 1 nitrogen and oxygen atoms in total. The summed E-state index contributed by atoms with van der Waals surface area (Å²) >= 11 is 0. The molecule has 0 radical (unpaired) electrons. The number of aryl methyl sites for hydroxylation is 1. The molecule has 0 amide bonds. The van der Waals surface area contributed by atoms with E-state index in [0.717, 1.165) is 12.5 Å². The van der Waals surface area contributed by atoms with Gasteiger partial charge in [-0.05, 0) is 54.8 Å². The van der Waals surface area contributed by atoms with Crippen LogP contribution in [0.1, 0.15) is 35.4 Å². The van der Waals surface area contributed by atoms with Crippen LogP contribution in [0.4, 0.5) is 0 Å². The van der Waals surface area contributed by atoms with Crippen molar-refractivity contribution in [2.75, 3.05) is 13.1 Å². The first-order valence-electron chi connectivity index (χ1n) is 5.76. The first-order valence-corrected chi connectivity index (χ1v) is 5.76. The Bertz CT molecular complexity index is 348. The van der Waals surface area contributed by atoms with Crippen molar-refractivity contribution in [2.24, 2.45) is 0 Å². The maximum Gasteiger partial charge on any atom is 0.00204 e. The highest BCUT2D eigenvalue weighted by Gasteiger charge is 2.24. The van der Waals surface area contributed by atoms with Crippen molar-refractivity contribution in [3.8, 4) is 0 Å². The van der Waals surface area contributed by atoms with E-state index in [2.05, 4.69) is 23.5 Å². The van der Waals surface area contributed by atoms with Crippen molar-refractivity contribution in [3.63, 3.8) is 0 Å². The summed E-state index contributed by atoms with van der Waals surface area (Å²) in [6, 6.07) is 6.89. The Labute approximate surface area is 102 Å². The molecule has 1 atom stereocenters. The molecular formula is C13H18BrN. The van der Waals surface area contributed by atoms with E-state index in [1.807, 2.05) is 0 Å². The molecule has 0 fully saturated rings. The van der Waals surface area contributed by atoms with Crippen LogP contribution in [0.25, 0.3) is 0 Å². The smallest absolute Gasteiger partial charge is 0.00204 e. The fraction of sp³-hybridized carbons (Fsp3) is 0.538. The SMILES string of the molecule is Br.c1cc2c3c(c1)CCNCC3CCC2. The lowest BCUT2D eigenvalue weighted by atomic mass is 9.80. The van der Waals surface area contributed by atoms with Gasteiger partial charge in [-0.25, -0.2) is 0 Å². The van der Waals surface area contributed by atoms with Crippen LogP contribution in [-0.4, -0.2) is 13.1 Å². The van der Waals surface area contributed by atoms with Crippen LogP contribution in [0.3, 0.4) is 0 Å². The van der Waals surface area contributed by atoms with E-state index in [1.165, 1.54) is 32.2 Å². The van der Waals surface area contributed by atoms with Gasteiger partial charge in [0.05, 0.1) is 0 Å². The zero-order valence-electron chi connectivity index (χ0n) is 8.96. The van der Waals surface area contributed by atoms with Gasteiger partial charge in [-0.1, -0.05) is 18.2 Å². The molecule has 1 aliphatic heterocycles. The molecule has 0 saturated carbocycles. The normalized spacial score (nSPS) is 23.6. The Hall–Kier alpha value is -0.340. The molecule has 1 aromatic rings. The third kappa shape index (κ3) is 1.98. The quantitative estimate of drug-likeness (QED) is 0.763. The second-order valence-electron chi connectivity index (χ2n) is 4.53. The average molecular weight is 268 g/mol. The minimum absolute atomic E-state index is 0. The van der Waals surface area contributed by atoms with Crippen molar-refractivity contribution in [2.45, 2.75) is 31.6 Å². The van der Waals surface area contributed by atoms with Crippen LogP contribution in [0.2, 0.25) is 0 Å². The first kappa shape index (κ1) is 11.2. The summed E-state index contributed by atoms with van der Waals surface area (Å²) in [5.74, 6) is 0.803. The zero-order chi connectivity index (χ0) is 9.38. The molecule has 2 heteroatoms. The summed E-state index contributed by atoms with van der Waals surface area (Å²) in [5.41, 5.74) is 4.93. The summed E-state index contributed by atoms with van der Waals surface area (Å²) in [6.45, 7) is 2.36. The van der Waals surface area contributed by atoms with Crippen molar-refractivity contribution in [1.29, 1.82) is 0 Å². The zero-order valence-corrected chi connectivity index (χ0v) is 10.7. The minimum Gasteiger partial charge on any atom is -0.316 e. The van der Waals surface area contributed by atoms with E-state index in [9.17, 15) is 0 Å². The fourth-order valence-corrected chi connectivity index (χ4v) is 3.01. The number of hydrogen-bond acceptors (Lipinski definition) is 1. The maximum absolute atomic E-state index is 3.56. The van der Waals surface area contributed by atoms with Gasteiger partial charge in [-0.3, -0.25) is 0 Å². The van der Waals surface area contributed by atoms with Gasteiger partial charge in [0.1, 0.15) is 0 Å². The molecule has 82 valence electrons. The van der Waals surface area contributed by atoms with E-state index in [1.54, 1.807) is 16.7 Å². The monoisotopic (exact) mass is 267 g/mol. The molecular weight excluding hydrogens is 250 g/mol. The molecule has 1 aromatic carbocycles. The number of hydrogen-bond donors (Lipinski definition) is 1. The number of rotatable bonds is 0. The van der Waals surface area contributed by atoms with Crippen LogP contribution in [0.5, 0.6) is 0 Å². The van der Waals surface area contributed by atoms with E-state index in [-0.39, 0.29) is 17.0 Å². The molecule has 1 aliphatic carbocycles. The van der Waals surface area contributed by atoms with Crippen molar-refractivity contribution < 1.29 is 0 Å². The van der Waals surface area contributed by atoms with Crippen LogP contribution in [0.15, 0.2) is 18.2 Å². The Balaban J connectivity index is 0.000000853. The van der Waals surface area contributed by atoms with Crippen molar-refractivity contribution >= 4 is 17.0 Å². The summed E-state index contributed by atoms with van der Waals surface area (Å²) in [7, 11) is 0. The second-order valence-corrected chi connectivity index (χ2v) is 4.53. The predicted molar refractivity (Wildman–Crippen MR) is 69.0 cm³/mol. The van der Waals surface area contributed by atoms with Crippen molar-refractivity contribution in [3.05, 3.63) is 34.9 Å². The lowest BCUT2D eigenvalue weighted by molar-refractivity contribution is 0.525. The van der Waals surface area contributed by atoms with Gasteiger partial charge in [0.2, 0.25) is 0 Å². The van der Waals surface area contributed by atoms with Crippen LogP contribution < -0.4 is 5.32 Å². The average Bonchev–Trinajstić information content (AvgIpc) is 2.44. The molecule has 2 aliphatic rings. The fourth-order valence-electron chi connectivity index (χ4n) is 3.01. The maximum atomic E-state index is 3.56. The number of nitrogens with one attached hydrogen (secondary N) is 1. The van der Waals surface area contributed by atoms with E-state index in [4.69, 9.17) is 0 Å². The van der Waals surface area contributed by atoms with Gasteiger partial charge < -0.3 is 5.32 Å². The van der Waals surface area contributed by atoms with Crippen LogP contribution in [-0.2, 0) is 12.8 Å². The Morgan fingerprint density at radius 2 is 1.93 bits per heavy atom. The molecule has 0 spiro atoms. The molecule has 1 N–H and O–H groups in total. The van der Waals surface area contributed by atoms with Gasteiger partial charge in [-0.2, -0.15) is 0 Å². The Morgan fingerprint density at radius 1 is 1.13 bits per heavy atom. The molecule has 15 heavy (non-hydrogen) atoms.